The summed E-state index contributed by atoms with van der Waals surface area (Å²) in [5.41, 5.74) is 1.81. The highest BCUT2D eigenvalue weighted by Gasteiger charge is 2.31. The van der Waals surface area contributed by atoms with Crippen LogP contribution in [0.25, 0.3) is 0 Å². The summed E-state index contributed by atoms with van der Waals surface area (Å²) >= 11 is 0. The van der Waals surface area contributed by atoms with E-state index in [-0.39, 0.29) is 24.0 Å². The van der Waals surface area contributed by atoms with Crippen molar-refractivity contribution in [2.24, 2.45) is 0 Å². The number of carboxylic acids is 1. The zero-order valence-corrected chi connectivity index (χ0v) is 19.0. The lowest BCUT2D eigenvalue weighted by Gasteiger charge is -2.19. The van der Waals surface area contributed by atoms with E-state index in [1.807, 2.05) is 24.3 Å². The monoisotopic (exact) mass is 474 g/mol. The zero-order chi connectivity index (χ0) is 24.9. The van der Waals surface area contributed by atoms with E-state index in [9.17, 15) is 18.0 Å². The van der Waals surface area contributed by atoms with Gasteiger partial charge in [0.2, 0.25) is 0 Å². The lowest BCUT2D eigenvalue weighted by atomic mass is 9.87. The highest BCUT2D eigenvalue weighted by Crippen LogP contribution is 2.34. The Balaban J connectivity index is 1.81. The van der Waals surface area contributed by atoms with Crippen molar-refractivity contribution < 1.29 is 37.3 Å². The average Bonchev–Trinajstić information content (AvgIpc) is 2.73. The van der Waals surface area contributed by atoms with Crippen LogP contribution in [0, 0.1) is 0 Å². The van der Waals surface area contributed by atoms with E-state index in [1.54, 1.807) is 18.2 Å². The number of rotatable bonds is 8. The van der Waals surface area contributed by atoms with E-state index < -0.39 is 12.3 Å². The minimum atomic E-state index is -4.77. The third-order valence-corrected chi connectivity index (χ3v) is 4.89. The van der Waals surface area contributed by atoms with Crippen LogP contribution in [0.3, 0.4) is 0 Å². The molecule has 0 aliphatic heterocycles. The fourth-order valence-corrected chi connectivity index (χ4v) is 3.14. The molecule has 0 aromatic heterocycles. The molecule has 3 rings (SSSR count). The minimum Gasteiger partial charge on any atom is -0.481 e. The Morgan fingerprint density at radius 1 is 0.794 bits per heavy atom. The standard InChI is InChI=1S/C26H25F3O5/c1-25(2,3)18-6-9-20(10-7-18)33-23-16-22(8-4-17(23)5-15-24(30)31)32-19-11-13-21(14-12-19)34-26(27,28)29/h4,6-14,16H,5,15H2,1-3H3,(H,30,31). The molecule has 1 N–H and O–H groups in total. The molecule has 0 aliphatic rings. The highest BCUT2D eigenvalue weighted by molar-refractivity contribution is 5.67. The molecule has 0 radical (unpaired) electrons. The van der Waals surface area contributed by atoms with Gasteiger partial charge in [0.05, 0.1) is 0 Å². The van der Waals surface area contributed by atoms with E-state index in [0.717, 1.165) is 17.7 Å². The fourth-order valence-electron chi connectivity index (χ4n) is 3.14. The summed E-state index contributed by atoms with van der Waals surface area (Å²) in [5, 5.41) is 9.06. The lowest BCUT2D eigenvalue weighted by molar-refractivity contribution is -0.274. The van der Waals surface area contributed by atoms with Crippen molar-refractivity contribution in [3.05, 3.63) is 77.9 Å². The molecule has 0 atom stereocenters. The molecule has 34 heavy (non-hydrogen) atoms. The lowest BCUT2D eigenvalue weighted by Crippen LogP contribution is -2.16. The number of hydrogen-bond donors (Lipinski definition) is 1. The van der Waals surface area contributed by atoms with E-state index in [0.29, 0.717) is 28.6 Å². The Labute approximate surface area is 195 Å². The zero-order valence-electron chi connectivity index (χ0n) is 19.0. The molecule has 0 bridgehead atoms. The summed E-state index contributed by atoms with van der Waals surface area (Å²) in [6.45, 7) is 6.32. The fraction of sp³-hybridized carbons (Fsp3) is 0.269. The molecule has 3 aromatic rings. The van der Waals surface area contributed by atoms with Gasteiger partial charge in [-0.05, 0) is 65.4 Å². The van der Waals surface area contributed by atoms with Crippen molar-refractivity contribution in [3.8, 4) is 28.7 Å². The molecule has 0 unspecified atom stereocenters. The third kappa shape index (κ3) is 7.43. The largest absolute Gasteiger partial charge is 0.573 e. The van der Waals surface area contributed by atoms with Crippen LogP contribution in [0.1, 0.15) is 38.3 Å². The molecule has 8 heteroatoms. The number of alkyl halides is 3. The van der Waals surface area contributed by atoms with Crippen LogP contribution < -0.4 is 14.2 Å². The quantitative estimate of drug-likeness (QED) is 0.367. The predicted molar refractivity (Wildman–Crippen MR) is 121 cm³/mol. The van der Waals surface area contributed by atoms with Gasteiger partial charge in [0.1, 0.15) is 28.7 Å². The van der Waals surface area contributed by atoms with E-state index in [4.69, 9.17) is 14.6 Å². The van der Waals surface area contributed by atoms with Crippen molar-refractivity contribution in [3.63, 3.8) is 0 Å². The summed E-state index contributed by atoms with van der Waals surface area (Å²) in [4.78, 5) is 11.0. The number of carbonyl (C=O) groups is 1. The Morgan fingerprint density at radius 2 is 1.32 bits per heavy atom. The van der Waals surface area contributed by atoms with E-state index in [1.165, 1.54) is 12.1 Å². The second-order valence-electron chi connectivity index (χ2n) is 8.66. The van der Waals surface area contributed by atoms with Crippen LogP contribution in [0.4, 0.5) is 13.2 Å². The van der Waals surface area contributed by atoms with Crippen LogP contribution in [-0.2, 0) is 16.6 Å². The Morgan fingerprint density at radius 3 is 1.88 bits per heavy atom. The Hall–Kier alpha value is -3.68. The van der Waals surface area contributed by atoms with Crippen LogP contribution in [0.15, 0.2) is 66.7 Å². The number of hydrogen-bond acceptors (Lipinski definition) is 4. The maximum Gasteiger partial charge on any atom is 0.573 e. The number of benzene rings is 3. The molecule has 0 fully saturated rings. The van der Waals surface area contributed by atoms with Gasteiger partial charge in [-0.2, -0.15) is 0 Å². The van der Waals surface area contributed by atoms with Gasteiger partial charge in [0, 0.05) is 12.5 Å². The van der Waals surface area contributed by atoms with Crippen molar-refractivity contribution >= 4 is 5.97 Å². The summed E-state index contributed by atoms with van der Waals surface area (Å²) in [6, 6.07) is 17.6. The molecule has 0 aliphatic carbocycles. The van der Waals surface area contributed by atoms with Crippen LogP contribution >= 0.6 is 0 Å². The van der Waals surface area contributed by atoms with Gasteiger partial charge in [-0.3, -0.25) is 4.79 Å². The van der Waals surface area contributed by atoms with Crippen LogP contribution in [0.2, 0.25) is 0 Å². The van der Waals surface area contributed by atoms with E-state index in [2.05, 4.69) is 25.5 Å². The number of halogens is 3. The molecular formula is C26H25F3O5. The third-order valence-electron chi connectivity index (χ3n) is 4.89. The van der Waals surface area contributed by atoms with Crippen LogP contribution in [0.5, 0.6) is 28.7 Å². The smallest absolute Gasteiger partial charge is 0.481 e. The first kappa shape index (κ1) is 25.0. The van der Waals surface area contributed by atoms with Gasteiger partial charge in [-0.1, -0.05) is 39.0 Å². The topological polar surface area (TPSA) is 65.0 Å². The second kappa shape index (κ2) is 10.1. The normalized spacial score (nSPS) is 11.7. The Kier molecular flexibility index (Phi) is 7.39. The molecule has 5 nitrogen and oxygen atoms in total. The van der Waals surface area contributed by atoms with Crippen molar-refractivity contribution in [2.75, 3.05) is 0 Å². The van der Waals surface area contributed by atoms with Gasteiger partial charge in [-0.15, -0.1) is 13.2 Å². The summed E-state index contributed by atoms with van der Waals surface area (Å²) in [6.07, 6.45) is -4.58. The Bertz CT molecular complexity index is 1120. The highest BCUT2D eigenvalue weighted by atomic mass is 19.4. The number of ether oxygens (including phenoxy) is 3. The maximum absolute atomic E-state index is 12.3. The van der Waals surface area contributed by atoms with Gasteiger partial charge in [0.15, 0.2) is 0 Å². The first-order chi connectivity index (χ1) is 15.9. The molecule has 0 saturated heterocycles. The van der Waals surface area contributed by atoms with Gasteiger partial charge >= 0.3 is 12.3 Å². The number of carboxylic acid groups (broad SMARTS) is 1. The molecular weight excluding hydrogens is 449 g/mol. The van der Waals surface area contributed by atoms with Gasteiger partial charge in [-0.25, -0.2) is 0 Å². The number of aliphatic carboxylic acids is 1. The van der Waals surface area contributed by atoms with Crippen LogP contribution in [-0.4, -0.2) is 17.4 Å². The predicted octanol–water partition coefficient (Wildman–Crippen LogP) is 7.48. The summed E-state index contributed by atoms with van der Waals surface area (Å²) in [7, 11) is 0. The number of aryl methyl sites for hydroxylation is 1. The summed E-state index contributed by atoms with van der Waals surface area (Å²) in [5.74, 6) is 0.404. The first-order valence-electron chi connectivity index (χ1n) is 10.6. The van der Waals surface area contributed by atoms with Gasteiger partial charge in [0.25, 0.3) is 0 Å². The second-order valence-corrected chi connectivity index (χ2v) is 8.66. The molecule has 0 saturated carbocycles. The molecule has 3 aromatic carbocycles. The van der Waals surface area contributed by atoms with Crippen molar-refractivity contribution in [1.29, 1.82) is 0 Å². The van der Waals surface area contributed by atoms with Gasteiger partial charge < -0.3 is 19.3 Å². The molecule has 0 heterocycles. The molecule has 180 valence electrons. The maximum atomic E-state index is 12.3. The SMILES string of the molecule is CC(C)(C)c1ccc(Oc2cc(Oc3ccc(OC(F)(F)F)cc3)ccc2CCC(=O)O)cc1. The molecule has 0 amide bonds. The van der Waals surface area contributed by atoms with E-state index >= 15 is 0 Å². The molecule has 0 spiro atoms. The van der Waals surface area contributed by atoms with Crippen molar-refractivity contribution in [2.45, 2.75) is 45.4 Å². The summed E-state index contributed by atoms with van der Waals surface area (Å²) < 4.78 is 52.7. The van der Waals surface area contributed by atoms with Crippen molar-refractivity contribution in [1.82, 2.24) is 0 Å². The average molecular weight is 474 g/mol. The minimum absolute atomic E-state index is 0.0143. The first-order valence-corrected chi connectivity index (χ1v) is 10.6.